The average Bonchev–Trinajstić information content (AvgIpc) is 2.59. The van der Waals surface area contributed by atoms with Crippen molar-refractivity contribution < 1.29 is 4.79 Å². The van der Waals surface area contributed by atoms with Crippen LogP contribution in [0, 0.1) is 0 Å². The molecule has 2 aromatic rings. The fourth-order valence-corrected chi connectivity index (χ4v) is 1.52. The molecule has 72 valence electrons. The first kappa shape index (κ1) is 9.40. The maximum absolute atomic E-state index is 11.2. The van der Waals surface area contributed by atoms with Gasteiger partial charge in [0.1, 0.15) is 11.4 Å². The van der Waals surface area contributed by atoms with Crippen LogP contribution in [0.25, 0.3) is 5.65 Å². The van der Waals surface area contributed by atoms with Gasteiger partial charge in [0, 0.05) is 12.4 Å². The summed E-state index contributed by atoms with van der Waals surface area (Å²) in [5.74, 6) is 0.147. The van der Waals surface area contributed by atoms with E-state index >= 15 is 0 Å². The van der Waals surface area contributed by atoms with Crippen LogP contribution < -0.4 is 0 Å². The molecule has 0 aromatic carbocycles. The third-order valence-corrected chi connectivity index (χ3v) is 2.57. The van der Waals surface area contributed by atoms with E-state index in [1.54, 1.807) is 0 Å². The first-order valence-electron chi connectivity index (χ1n) is 4.30. The quantitative estimate of drug-likeness (QED) is 0.782. The Bertz CT molecular complexity index is 431. The molecule has 0 amide bonds. The summed E-state index contributed by atoms with van der Waals surface area (Å²) in [6, 6.07) is 5.78. The second-order valence-corrected chi connectivity index (χ2v) is 3.61. The zero-order valence-electron chi connectivity index (χ0n) is 7.48. The summed E-state index contributed by atoms with van der Waals surface area (Å²) in [6.07, 6.45) is 4.20. The molecular weight excluding hydrogens is 244 g/mol. The van der Waals surface area contributed by atoms with Crippen LogP contribution in [-0.4, -0.2) is 20.5 Å². The number of hydrogen-bond donors (Lipinski definition) is 0. The van der Waals surface area contributed by atoms with E-state index < -0.39 is 0 Å². The second kappa shape index (κ2) is 3.92. The van der Waals surface area contributed by atoms with Crippen LogP contribution in [0.3, 0.4) is 0 Å². The number of fused-ring (bicyclic) bond motifs is 1. The number of carbonyl (C=O) groups is 1. The minimum Gasteiger partial charge on any atom is -0.307 e. The van der Waals surface area contributed by atoms with Gasteiger partial charge in [-0.15, -0.1) is 0 Å². The summed E-state index contributed by atoms with van der Waals surface area (Å²) >= 11 is 3.13. The highest BCUT2D eigenvalue weighted by molar-refractivity contribution is 9.09. The Morgan fingerprint density at radius 2 is 2.36 bits per heavy atom. The van der Waals surface area contributed by atoms with Crippen molar-refractivity contribution in [2.75, 3.05) is 5.33 Å². The highest BCUT2D eigenvalue weighted by Gasteiger charge is 2.05. The van der Waals surface area contributed by atoms with Crippen molar-refractivity contribution in [3.05, 3.63) is 36.3 Å². The predicted molar refractivity (Wildman–Crippen MR) is 57.7 cm³/mol. The Morgan fingerprint density at radius 3 is 3.07 bits per heavy atom. The molecule has 0 aliphatic carbocycles. The molecule has 0 aliphatic heterocycles. The van der Waals surface area contributed by atoms with Gasteiger partial charge in [0.2, 0.25) is 0 Å². The van der Waals surface area contributed by atoms with Crippen LogP contribution in [0.4, 0.5) is 0 Å². The van der Waals surface area contributed by atoms with Gasteiger partial charge in [-0.1, -0.05) is 22.0 Å². The molecule has 3 nitrogen and oxygen atoms in total. The molecule has 0 saturated heterocycles. The number of aromatic nitrogens is 2. The number of rotatable bonds is 3. The van der Waals surface area contributed by atoms with Crippen molar-refractivity contribution in [2.24, 2.45) is 0 Å². The van der Waals surface area contributed by atoms with Gasteiger partial charge in [-0.2, -0.15) is 0 Å². The minimum atomic E-state index is 0.147. The molecule has 0 bridgehead atoms. The number of carbonyl (C=O) groups excluding carboxylic acids is 1. The molecule has 2 heterocycles. The summed E-state index contributed by atoms with van der Waals surface area (Å²) in [6.45, 7) is 0. The monoisotopic (exact) mass is 252 g/mol. The molecule has 2 rings (SSSR count). The van der Waals surface area contributed by atoms with E-state index in [-0.39, 0.29) is 5.78 Å². The number of alkyl halides is 1. The molecule has 0 fully saturated rings. The molecule has 0 N–H and O–H groups in total. The van der Waals surface area contributed by atoms with Crippen molar-refractivity contribution in [3.63, 3.8) is 0 Å². The van der Waals surface area contributed by atoms with Crippen molar-refractivity contribution in [1.29, 1.82) is 0 Å². The van der Waals surface area contributed by atoms with E-state index in [4.69, 9.17) is 0 Å². The Morgan fingerprint density at radius 1 is 1.50 bits per heavy atom. The lowest BCUT2D eigenvalue weighted by molar-refractivity contribution is -0.115. The Kier molecular flexibility index (Phi) is 2.63. The third-order valence-electron chi connectivity index (χ3n) is 1.94. The van der Waals surface area contributed by atoms with Crippen molar-refractivity contribution in [1.82, 2.24) is 9.38 Å². The predicted octanol–water partition coefficient (Wildman–Crippen LogP) is 1.84. The fraction of sp³-hybridized carbons (Fsp3) is 0.200. The Balaban J connectivity index is 2.31. The van der Waals surface area contributed by atoms with Gasteiger partial charge in [-0.05, 0) is 12.1 Å². The van der Waals surface area contributed by atoms with Crippen LogP contribution >= 0.6 is 15.9 Å². The van der Waals surface area contributed by atoms with Gasteiger partial charge in [-0.25, -0.2) is 4.98 Å². The van der Waals surface area contributed by atoms with E-state index in [0.29, 0.717) is 11.8 Å². The summed E-state index contributed by atoms with van der Waals surface area (Å²) in [4.78, 5) is 15.5. The first-order chi connectivity index (χ1) is 6.79. The minimum absolute atomic E-state index is 0.147. The normalized spacial score (nSPS) is 10.6. The maximum Gasteiger partial charge on any atom is 0.149 e. The lowest BCUT2D eigenvalue weighted by Crippen LogP contribution is -2.03. The van der Waals surface area contributed by atoms with Crippen LogP contribution in [0.1, 0.15) is 5.69 Å². The first-order valence-corrected chi connectivity index (χ1v) is 5.42. The topological polar surface area (TPSA) is 34.4 Å². The lowest BCUT2D eigenvalue weighted by Gasteiger charge is -1.89. The molecule has 14 heavy (non-hydrogen) atoms. The van der Waals surface area contributed by atoms with Crippen LogP contribution in [0.2, 0.25) is 0 Å². The van der Waals surface area contributed by atoms with Gasteiger partial charge < -0.3 is 4.40 Å². The van der Waals surface area contributed by atoms with E-state index in [9.17, 15) is 4.79 Å². The summed E-state index contributed by atoms with van der Waals surface area (Å²) in [7, 11) is 0. The van der Waals surface area contributed by atoms with Crippen LogP contribution in [0.15, 0.2) is 30.6 Å². The van der Waals surface area contributed by atoms with Gasteiger partial charge in [0.05, 0.1) is 17.4 Å². The van der Waals surface area contributed by atoms with E-state index in [2.05, 4.69) is 20.9 Å². The van der Waals surface area contributed by atoms with E-state index in [1.807, 2.05) is 35.0 Å². The fourth-order valence-electron chi connectivity index (χ4n) is 1.32. The number of ketones is 1. The maximum atomic E-state index is 11.2. The Hall–Kier alpha value is -1.16. The average molecular weight is 253 g/mol. The largest absolute Gasteiger partial charge is 0.307 e. The second-order valence-electron chi connectivity index (χ2n) is 3.05. The van der Waals surface area contributed by atoms with Crippen molar-refractivity contribution >= 4 is 27.4 Å². The number of nitrogens with zero attached hydrogens (tertiary/aromatic N) is 2. The van der Waals surface area contributed by atoms with Gasteiger partial charge in [0.15, 0.2) is 0 Å². The Labute approximate surface area is 89.9 Å². The SMILES string of the molecule is O=C(CBr)Cc1cn2ccccc2n1. The smallest absolute Gasteiger partial charge is 0.149 e. The molecule has 0 aliphatic rings. The molecule has 0 atom stereocenters. The zero-order chi connectivity index (χ0) is 9.97. The number of imidazole rings is 1. The standard InChI is InChI=1S/C10H9BrN2O/c11-6-9(14)5-8-7-13-4-2-1-3-10(13)12-8/h1-4,7H,5-6H2. The number of halogens is 1. The molecule has 0 radical (unpaired) electrons. The number of pyridine rings is 1. The molecule has 0 spiro atoms. The van der Waals surface area contributed by atoms with Crippen molar-refractivity contribution in [3.8, 4) is 0 Å². The van der Waals surface area contributed by atoms with Gasteiger partial charge >= 0.3 is 0 Å². The summed E-state index contributed by atoms with van der Waals surface area (Å²) < 4.78 is 1.91. The molecule has 0 saturated carbocycles. The molecule has 4 heteroatoms. The number of Topliss-reactive ketones (excluding diaryl/α,β-unsaturated/α-hetero) is 1. The third kappa shape index (κ3) is 1.85. The van der Waals surface area contributed by atoms with Gasteiger partial charge in [-0.3, -0.25) is 4.79 Å². The molecule has 0 unspecified atom stereocenters. The highest BCUT2D eigenvalue weighted by atomic mass is 79.9. The van der Waals surface area contributed by atoms with Gasteiger partial charge in [0.25, 0.3) is 0 Å². The highest BCUT2D eigenvalue weighted by Crippen LogP contribution is 2.05. The summed E-state index contributed by atoms with van der Waals surface area (Å²) in [5, 5.41) is 0.390. The van der Waals surface area contributed by atoms with E-state index in [1.165, 1.54) is 0 Å². The summed E-state index contributed by atoms with van der Waals surface area (Å²) in [5.41, 5.74) is 1.70. The number of hydrogen-bond acceptors (Lipinski definition) is 2. The van der Waals surface area contributed by atoms with E-state index in [0.717, 1.165) is 11.3 Å². The van der Waals surface area contributed by atoms with Crippen molar-refractivity contribution in [2.45, 2.75) is 6.42 Å². The zero-order valence-corrected chi connectivity index (χ0v) is 9.07. The van der Waals surface area contributed by atoms with Crippen LogP contribution in [0.5, 0.6) is 0 Å². The van der Waals surface area contributed by atoms with Crippen LogP contribution in [-0.2, 0) is 11.2 Å². The molecule has 2 aromatic heterocycles. The molecular formula is C10H9BrN2O. The lowest BCUT2D eigenvalue weighted by atomic mass is 10.2.